The molecule has 0 fully saturated rings. The molecule has 0 spiro atoms. The number of fused-ring (bicyclic) bond motifs is 1. The van der Waals surface area contributed by atoms with E-state index in [4.69, 9.17) is 16.3 Å². The quantitative estimate of drug-likeness (QED) is 0.677. The van der Waals surface area contributed by atoms with E-state index >= 15 is 0 Å². The Kier molecular flexibility index (Phi) is 5.11. The summed E-state index contributed by atoms with van der Waals surface area (Å²) < 4.78 is 7.16. The van der Waals surface area contributed by atoms with Crippen LogP contribution in [0.25, 0.3) is 11.4 Å². The molecule has 0 radical (unpaired) electrons. The number of hydrogen-bond donors (Lipinski definition) is 1. The molecule has 0 unspecified atom stereocenters. The van der Waals surface area contributed by atoms with Crippen LogP contribution < -0.4 is 4.74 Å². The normalized spacial score (nSPS) is 11.7. The monoisotopic (exact) mass is 387 g/mol. The van der Waals surface area contributed by atoms with Gasteiger partial charge in [-0.1, -0.05) is 23.7 Å². The fourth-order valence-corrected chi connectivity index (χ4v) is 2.73. The van der Waals surface area contributed by atoms with Gasteiger partial charge in [0.05, 0.1) is 17.4 Å². The van der Waals surface area contributed by atoms with E-state index in [1.54, 1.807) is 32.3 Å². The van der Waals surface area contributed by atoms with Gasteiger partial charge in [-0.05, 0) is 51.8 Å². The Morgan fingerprint density at radius 2 is 1.93 bits per heavy atom. The predicted octanol–water partition coefficient (Wildman–Crippen LogP) is 4.24. The van der Waals surface area contributed by atoms with Crippen LogP contribution in [0, 0.1) is 12.3 Å². The van der Waals surface area contributed by atoms with Crippen LogP contribution >= 0.6 is 11.6 Å². The minimum atomic E-state index is -0.668. The molecule has 0 saturated heterocycles. The second-order valence-corrected chi connectivity index (χ2v) is 7.94. The van der Waals surface area contributed by atoms with E-state index in [9.17, 15) is 9.90 Å². The number of ether oxygens (including phenoxy) is 1. The first-order valence-electron chi connectivity index (χ1n) is 8.68. The number of benzene rings is 1. The number of nitrogens with zero attached hydrogens (tertiary/aromatic N) is 3. The highest BCUT2D eigenvalue weighted by Crippen LogP contribution is 2.41. The summed E-state index contributed by atoms with van der Waals surface area (Å²) in [5.74, 6) is 0.197. The minimum absolute atomic E-state index is 0.0220. The van der Waals surface area contributed by atoms with Crippen molar-refractivity contribution in [2.45, 2.75) is 40.7 Å². The van der Waals surface area contributed by atoms with Crippen molar-refractivity contribution in [3.63, 3.8) is 0 Å². The number of rotatable bonds is 4. The lowest BCUT2D eigenvalue weighted by Gasteiger charge is -2.17. The molecule has 0 aliphatic carbocycles. The van der Waals surface area contributed by atoms with Crippen LogP contribution in [-0.4, -0.2) is 25.6 Å². The molecule has 2 aliphatic rings. The summed E-state index contributed by atoms with van der Waals surface area (Å²) in [7, 11) is 0. The highest BCUT2D eigenvalue weighted by Gasteiger charge is 2.30. The van der Waals surface area contributed by atoms with Gasteiger partial charge >= 0.3 is 5.97 Å². The second-order valence-electron chi connectivity index (χ2n) is 7.50. The molecule has 0 atom stereocenters. The first kappa shape index (κ1) is 19.2. The molecule has 3 rings (SSSR count). The van der Waals surface area contributed by atoms with Crippen LogP contribution in [0.2, 0.25) is 5.02 Å². The summed E-state index contributed by atoms with van der Waals surface area (Å²) in [6.07, 6.45) is 2.22. The molecule has 1 aromatic carbocycles. The Hall–Kier alpha value is -2.60. The molecular formula is C20H22ClN3O3. The van der Waals surface area contributed by atoms with Crippen LogP contribution in [-0.2, 0) is 17.8 Å². The third kappa shape index (κ3) is 4.06. The molecule has 27 heavy (non-hydrogen) atoms. The highest BCUT2D eigenvalue weighted by molar-refractivity contribution is 6.30. The van der Waals surface area contributed by atoms with Gasteiger partial charge in [-0.3, -0.25) is 4.79 Å². The van der Waals surface area contributed by atoms with Crippen molar-refractivity contribution in [3.05, 3.63) is 46.9 Å². The number of carbonyl (C=O) groups is 1. The summed E-state index contributed by atoms with van der Waals surface area (Å²) >= 11 is 5.91. The molecule has 1 aromatic rings. The summed E-state index contributed by atoms with van der Waals surface area (Å²) in [6.45, 7) is 7.55. The van der Waals surface area contributed by atoms with Gasteiger partial charge in [0, 0.05) is 11.6 Å². The average molecular weight is 388 g/mol. The molecule has 0 bridgehead atoms. The van der Waals surface area contributed by atoms with Crippen LogP contribution in [0.1, 0.15) is 32.0 Å². The van der Waals surface area contributed by atoms with Gasteiger partial charge in [0.2, 0.25) is 5.88 Å². The first-order valence-corrected chi connectivity index (χ1v) is 9.05. The molecule has 2 aliphatic heterocycles. The topological polar surface area (TPSA) is 77.2 Å². The fourth-order valence-electron chi connectivity index (χ4n) is 2.60. The lowest BCUT2D eigenvalue weighted by Crippen LogP contribution is -2.25. The van der Waals surface area contributed by atoms with Gasteiger partial charge in [-0.2, -0.15) is 0 Å². The molecule has 1 N–H and O–H groups in total. The molecule has 0 amide bonds. The molecule has 142 valence electrons. The predicted molar refractivity (Wildman–Crippen MR) is 103 cm³/mol. The SMILES string of the molecule is Cc1nc2ncn(CCc3ccc(Cl)cc3)c(O)c-2c1OC(=O)C(C)(C)C. The average Bonchev–Trinajstić information content (AvgIpc) is 2.91. The molecular weight excluding hydrogens is 366 g/mol. The smallest absolute Gasteiger partial charge is 0.316 e. The Morgan fingerprint density at radius 3 is 2.56 bits per heavy atom. The Balaban J connectivity index is 1.90. The van der Waals surface area contributed by atoms with Crippen molar-refractivity contribution in [3.8, 4) is 23.0 Å². The Labute approximate surface area is 163 Å². The van der Waals surface area contributed by atoms with E-state index in [0.717, 1.165) is 5.56 Å². The van der Waals surface area contributed by atoms with Crippen LogP contribution in [0.5, 0.6) is 11.6 Å². The van der Waals surface area contributed by atoms with Gasteiger partial charge in [0.15, 0.2) is 11.6 Å². The van der Waals surface area contributed by atoms with Gasteiger partial charge in [0.1, 0.15) is 5.56 Å². The van der Waals surface area contributed by atoms with Gasteiger partial charge in [-0.25, -0.2) is 9.97 Å². The summed E-state index contributed by atoms with van der Waals surface area (Å²) in [4.78, 5) is 20.9. The van der Waals surface area contributed by atoms with Crippen molar-refractivity contribution in [2.24, 2.45) is 5.41 Å². The van der Waals surface area contributed by atoms with Crippen LogP contribution in [0.3, 0.4) is 0 Å². The summed E-state index contributed by atoms with van der Waals surface area (Å²) in [6, 6.07) is 7.54. The molecule has 6 nitrogen and oxygen atoms in total. The van der Waals surface area contributed by atoms with Crippen molar-refractivity contribution in [2.75, 3.05) is 0 Å². The molecule has 7 heteroatoms. The molecule has 0 aromatic heterocycles. The standard InChI is InChI=1S/C20H22ClN3O3/c1-12-16(27-19(26)20(2,3)4)15-17(23-12)22-11-24(18(15)25)10-9-13-5-7-14(21)8-6-13/h5-8,11,25H,9-10H2,1-4H3. The third-order valence-electron chi connectivity index (χ3n) is 4.23. The maximum atomic E-state index is 12.3. The van der Waals surface area contributed by atoms with E-state index in [0.29, 0.717) is 35.1 Å². The summed E-state index contributed by atoms with van der Waals surface area (Å²) in [5, 5.41) is 11.4. The number of aryl methyl sites for hydroxylation is 3. The zero-order chi connectivity index (χ0) is 19.8. The van der Waals surface area contributed by atoms with E-state index in [1.165, 1.54) is 6.33 Å². The fraction of sp³-hybridized carbons (Fsp3) is 0.350. The summed E-state index contributed by atoms with van der Waals surface area (Å²) in [5.41, 5.74) is 1.28. The second kappa shape index (κ2) is 7.19. The van der Waals surface area contributed by atoms with Gasteiger partial charge in [0.25, 0.3) is 0 Å². The van der Waals surface area contributed by atoms with Crippen LogP contribution in [0.15, 0.2) is 30.6 Å². The lowest BCUT2D eigenvalue weighted by molar-refractivity contribution is -0.143. The largest absolute Gasteiger partial charge is 0.494 e. The van der Waals surface area contributed by atoms with Gasteiger partial charge in [-0.15, -0.1) is 0 Å². The van der Waals surface area contributed by atoms with E-state index < -0.39 is 11.4 Å². The van der Waals surface area contributed by atoms with E-state index in [2.05, 4.69) is 9.97 Å². The van der Waals surface area contributed by atoms with E-state index in [-0.39, 0.29) is 11.6 Å². The number of aromatic nitrogens is 3. The zero-order valence-corrected chi connectivity index (χ0v) is 16.5. The molecule has 0 saturated carbocycles. The minimum Gasteiger partial charge on any atom is -0.494 e. The first-order chi connectivity index (χ1) is 12.7. The van der Waals surface area contributed by atoms with Crippen molar-refractivity contribution < 1.29 is 14.6 Å². The number of hydrogen-bond acceptors (Lipinski definition) is 5. The van der Waals surface area contributed by atoms with E-state index in [1.807, 2.05) is 24.3 Å². The van der Waals surface area contributed by atoms with Crippen molar-refractivity contribution in [1.29, 1.82) is 0 Å². The van der Waals surface area contributed by atoms with Crippen LogP contribution in [0.4, 0.5) is 0 Å². The molecule has 2 heterocycles. The Morgan fingerprint density at radius 1 is 1.26 bits per heavy atom. The lowest BCUT2D eigenvalue weighted by atomic mass is 9.97. The van der Waals surface area contributed by atoms with Crippen molar-refractivity contribution in [1.82, 2.24) is 14.5 Å². The van der Waals surface area contributed by atoms with Crippen molar-refractivity contribution >= 4 is 17.6 Å². The number of halogens is 1. The highest BCUT2D eigenvalue weighted by atomic mass is 35.5. The van der Waals surface area contributed by atoms with Gasteiger partial charge < -0.3 is 14.4 Å². The maximum absolute atomic E-state index is 12.3. The number of esters is 1. The Bertz CT molecular complexity index is 942. The third-order valence-corrected chi connectivity index (χ3v) is 4.48. The zero-order valence-electron chi connectivity index (χ0n) is 15.8. The number of aromatic hydroxyl groups is 1. The maximum Gasteiger partial charge on any atom is 0.316 e. The number of carbonyl (C=O) groups excluding carboxylic acids is 1.